The quantitative estimate of drug-likeness (QED) is 0.710. The summed E-state index contributed by atoms with van der Waals surface area (Å²) in [6.45, 7) is 2.41. The molecule has 2 N–H and O–H groups in total. The molecular weight excluding hydrogens is 329 g/mol. The molecule has 20 heavy (non-hydrogen) atoms. The fraction of sp³-hybridized carbons (Fsp3) is 0.500. The van der Waals surface area contributed by atoms with Crippen molar-refractivity contribution in [2.24, 2.45) is 5.92 Å². The zero-order valence-electron chi connectivity index (χ0n) is 11.4. The van der Waals surface area contributed by atoms with Crippen LogP contribution in [-0.4, -0.2) is 30.8 Å². The maximum absolute atomic E-state index is 13.4. The fourth-order valence-electron chi connectivity index (χ4n) is 1.56. The Kier molecular flexibility index (Phi) is 7.54. The number of rotatable bonds is 8. The van der Waals surface area contributed by atoms with Gasteiger partial charge in [0, 0.05) is 17.6 Å². The third-order valence-electron chi connectivity index (χ3n) is 2.76. The van der Waals surface area contributed by atoms with Gasteiger partial charge in [-0.1, -0.05) is 22.9 Å². The second-order valence-corrected chi connectivity index (χ2v) is 5.56. The molecule has 1 atom stereocenters. The monoisotopic (exact) mass is 347 g/mol. The Bertz CT molecular complexity index is 442. The summed E-state index contributed by atoms with van der Waals surface area (Å²) in [5, 5.41) is 11.5. The lowest BCUT2D eigenvalue weighted by atomic mass is 10.1. The van der Waals surface area contributed by atoms with Gasteiger partial charge in [0.25, 0.3) is 5.91 Å². The highest BCUT2D eigenvalue weighted by Crippen LogP contribution is 2.21. The van der Waals surface area contributed by atoms with Gasteiger partial charge in [0.2, 0.25) is 0 Å². The molecule has 0 saturated heterocycles. The smallest absolute Gasteiger partial charge is 0.257 e. The first kappa shape index (κ1) is 16.9. The van der Waals surface area contributed by atoms with Crippen LogP contribution in [0.3, 0.4) is 0 Å². The van der Waals surface area contributed by atoms with E-state index in [1.165, 1.54) is 12.1 Å². The fourth-order valence-corrected chi connectivity index (χ4v) is 1.89. The third kappa shape index (κ3) is 6.34. The van der Waals surface area contributed by atoms with Crippen molar-refractivity contribution in [3.05, 3.63) is 28.5 Å². The van der Waals surface area contributed by atoms with Crippen LogP contribution in [0.15, 0.2) is 22.7 Å². The molecule has 0 aliphatic carbocycles. The van der Waals surface area contributed by atoms with Gasteiger partial charge in [0.1, 0.15) is 0 Å². The molecule has 0 aliphatic heterocycles. The SMILES string of the molecule is CC(CO)CCCNC(=O)COc1ccc(Br)cc1F. The molecule has 0 aromatic heterocycles. The van der Waals surface area contributed by atoms with Gasteiger partial charge in [0.05, 0.1) is 0 Å². The summed E-state index contributed by atoms with van der Waals surface area (Å²) in [7, 11) is 0. The molecule has 1 aromatic carbocycles. The lowest BCUT2D eigenvalue weighted by Gasteiger charge is -2.10. The number of carbonyl (C=O) groups is 1. The zero-order chi connectivity index (χ0) is 15.0. The summed E-state index contributed by atoms with van der Waals surface area (Å²) in [5.41, 5.74) is 0. The van der Waals surface area contributed by atoms with Crippen LogP contribution in [0.5, 0.6) is 5.75 Å². The van der Waals surface area contributed by atoms with Gasteiger partial charge >= 0.3 is 0 Å². The molecule has 6 heteroatoms. The second kappa shape index (κ2) is 8.92. The lowest BCUT2D eigenvalue weighted by Crippen LogP contribution is -2.30. The van der Waals surface area contributed by atoms with Crippen molar-refractivity contribution in [1.29, 1.82) is 0 Å². The summed E-state index contributed by atoms with van der Waals surface area (Å²) >= 11 is 3.14. The summed E-state index contributed by atoms with van der Waals surface area (Å²) in [4.78, 5) is 11.5. The van der Waals surface area contributed by atoms with E-state index in [2.05, 4.69) is 21.2 Å². The standard InChI is InChI=1S/C14H19BrFNO3/c1-10(8-18)3-2-6-17-14(19)9-20-13-5-4-11(15)7-12(13)16/h4-5,7,10,18H,2-3,6,8-9H2,1H3,(H,17,19). The van der Waals surface area contributed by atoms with Crippen LogP contribution in [0.2, 0.25) is 0 Å². The van der Waals surface area contributed by atoms with E-state index < -0.39 is 5.82 Å². The average molecular weight is 348 g/mol. The molecule has 0 spiro atoms. The predicted octanol–water partition coefficient (Wildman–Crippen LogP) is 2.49. The van der Waals surface area contributed by atoms with Gasteiger partial charge in [-0.15, -0.1) is 0 Å². The Labute approximate surface area is 126 Å². The number of hydrogen-bond acceptors (Lipinski definition) is 3. The predicted molar refractivity (Wildman–Crippen MR) is 78.1 cm³/mol. The van der Waals surface area contributed by atoms with Crippen LogP contribution < -0.4 is 10.1 Å². The normalized spacial score (nSPS) is 12.0. The highest BCUT2D eigenvalue weighted by Gasteiger charge is 2.07. The van der Waals surface area contributed by atoms with Gasteiger partial charge < -0.3 is 15.2 Å². The van der Waals surface area contributed by atoms with Crippen molar-refractivity contribution in [3.8, 4) is 5.75 Å². The lowest BCUT2D eigenvalue weighted by molar-refractivity contribution is -0.123. The molecule has 1 amide bonds. The van der Waals surface area contributed by atoms with Gasteiger partial charge in [0.15, 0.2) is 18.2 Å². The topological polar surface area (TPSA) is 58.6 Å². The Hall–Kier alpha value is -1.14. The number of aliphatic hydroxyl groups is 1. The van der Waals surface area contributed by atoms with Crippen LogP contribution in [0.4, 0.5) is 4.39 Å². The van der Waals surface area contributed by atoms with E-state index in [0.717, 1.165) is 12.8 Å². The molecular formula is C14H19BrFNO3. The number of hydrogen-bond donors (Lipinski definition) is 2. The highest BCUT2D eigenvalue weighted by atomic mass is 79.9. The summed E-state index contributed by atoms with van der Waals surface area (Å²) in [6, 6.07) is 4.39. The molecule has 0 fully saturated rings. The Morgan fingerprint density at radius 1 is 1.55 bits per heavy atom. The van der Waals surface area contributed by atoms with Crippen LogP contribution in [0.1, 0.15) is 19.8 Å². The van der Waals surface area contributed by atoms with E-state index in [0.29, 0.717) is 11.0 Å². The largest absolute Gasteiger partial charge is 0.481 e. The molecule has 1 aromatic rings. The van der Waals surface area contributed by atoms with Crippen molar-refractivity contribution in [3.63, 3.8) is 0 Å². The van der Waals surface area contributed by atoms with E-state index in [1.807, 2.05) is 6.92 Å². The first-order valence-corrected chi connectivity index (χ1v) is 7.27. The average Bonchev–Trinajstić information content (AvgIpc) is 2.42. The van der Waals surface area contributed by atoms with Crippen molar-refractivity contribution < 1.29 is 19.0 Å². The van der Waals surface area contributed by atoms with Crippen molar-refractivity contribution >= 4 is 21.8 Å². The van der Waals surface area contributed by atoms with Gasteiger partial charge in [-0.2, -0.15) is 0 Å². The molecule has 1 unspecified atom stereocenters. The maximum Gasteiger partial charge on any atom is 0.257 e. The molecule has 1 rings (SSSR count). The van der Waals surface area contributed by atoms with Crippen molar-refractivity contribution in [1.82, 2.24) is 5.32 Å². The van der Waals surface area contributed by atoms with E-state index in [-0.39, 0.29) is 30.8 Å². The van der Waals surface area contributed by atoms with Crippen LogP contribution in [-0.2, 0) is 4.79 Å². The van der Waals surface area contributed by atoms with E-state index in [9.17, 15) is 9.18 Å². The van der Waals surface area contributed by atoms with Gasteiger partial charge in [-0.3, -0.25) is 4.79 Å². The second-order valence-electron chi connectivity index (χ2n) is 4.64. The van der Waals surface area contributed by atoms with Crippen LogP contribution >= 0.6 is 15.9 Å². The third-order valence-corrected chi connectivity index (χ3v) is 3.25. The molecule has 0 radical (unpaired) electrons. The maximum atomic E-state index is 13.4. The Balaban J connectivity index is 2.23. The first-order chi connectivity index (χ1) is 9.52. The van der Waals surface area contributed by atoms with Crippen molar-refractivity contribution in [2.75, 3.05) is 19.8 Å². The molecule has 4 nitrogen and oxygen atoms in total. The first-order valence-electron chi connectivity index (χ1n) is 6.48. The number of carbonyl (C=O) groups excluding carboxylic acids is 1. The molecule has 0 heterocycles. The number of nitrogens with one attached hydrogen (secondary N) is 1. The Morgan fingerprint density at radius 3 is 2.95 bits per heavy atom. The number of halogens is 2. The number of ether oxygens (including phenoxy) is 1. The Morgan fingerprint density at radius 2 is 2.30 bits per heavy atom. The summed E-state index contributed by atoms with van der Waals surface area (Å²) in [6.07, 6.45) is 1.64. The molecule has 0 bridgehead atoms. The molecule has 0 saturated carbocycles. The molecule has 112 valence electrons. The van der Waals surface area contributed by atoms with Crippen LogP contribution in [0.25, 0.3) is 0 Å². The van der Waals surface area contributed by atoms with Gasteiger partial charge in [-0.25, -0.2) is 4.39 Å². The number of amides is 1. The van der Waals surface area contributed by atoms with E-state index >= 15 is 0 Å². The highest BCUT2D eigenvalue weighted by molar-refractivity contribution is 9.10. The molecule has 0 aliphatic rings. The van der Waals surface area contributed by atoms with Crippen LogP contribution in [0, 0.1) is 11.7 Å². The number of aliphatic hydroxyl groups excluding tert-OH is 1. The van der Waals surface area contributed by atoms with E-state index in [1.54, 1.807) is 6.07 Å². The number of benzene rings is 1. The van der Waals surface area contributed by atoms with Crippen molar-refractivity contribution in [2.45, 2.75) is 19.8 Å². The minimum Gasteiger partial charge on any atom is -0.481 e. The van der Waals surface area contributed by atoms with E-state index in [4.69, 9.17) is 9.84 Å². The minimum absolute atomic E-state index is 0.0530. The summed E-state index contributed by atoms with van der Waals surface area (Å²) < 4.78 is 19.1. The zero-order valence-corrected chi connectivity index (χ0v) is 13.0. The van der Waals surface area contributed by atoms with Gasteiger partial charge in [-0.05, 0) is 37.0 Å². The minimum atomic E-state index is -0.510. The summed E-state index contributed by atoms with van der Waals surface area (Å²) in [5.74, 6) is -0.509.